The topological polar surface area (TPSA) is 59.0 Å². The van der Waals surface area contributed by atoms with Crippen molar-refractivity contribution < 1.29 is 14.3 Å². The minimum absolute atomic E-state index is 0.0566. The first-order valence-electron chi connectivity index (χ1n) is 9.76. The Balaban J connectivity index is 1.67. The molecule has 0 aliphatic carbocycles. The summed E-state index contributed by atoms with van der Waals surface area (Å²) in [7, 11) is 1.75. The number of halogens is 1. The summed E-state index contributed by atoms with van der Waals surface area (Å²) in [6, 6.07) is 16.9. The molecule has 0 saturated heterocycles. The fourth-order valence-electron chi connectivity index (χ4n) is 3.58. The number of aliphatic imine (C=N–C) groups is 1. The van der Waals surface area contributed by atoms with E-state index in [4.69, 9.17) is 16.3 Å². The molecule has 6 heteroatoms. The van der Waals surface area contributed by atoms with E-state index in [0.717, 1.165) is 22.5 Å². The Hall–Kier alpha value is -3.18. The van der Waals surface area contributed by atoms with Crippen LogP contribution in [0.3, 0.4) is 0 Å². The number of allylic oxidation sites excluding steroid dienone is 2. The summed E-state index contributed by atoms with van der Waals surface area (Å²) in [5.74, 6) is -0.417. The Morgan fingerprint density at radius 1 is 1.17 bits per heavy atom. The molecule has 4 rings (SSSR count). The lowest BCUT2D eigenvalue weighted by Gasteiger charge is -2.31. The molecule has 0 aromatic heterocycles. The van der Waals surface area contributed by atoms with Crippen molar-refractivity contribution in [3.05, 3.63) is 87.7 Å². The average Bonchev–Trinajstić information content (AvgIpc) is 2.75. The lowest BCUT2D eigenvalue weighted by atomic mass is 9.94. The first-order valence-corrected chi connectivity index (χ1v) is 10.1. The van der Waals surface area contributed by atoms with Crippen LogP contribution in [0, 0.1) is 0 Å². The monoisotopic (exact) mass is 420 g/mol. The van der Waals surface area contributed by atoms with Crippen molar-refractivity contribution in [1.82, 2.24) is 4.90 Å². The van der Waals surface area contributed by atoms with E-state index in [0.29, 0.717) is 29.9 Å². The van der Waals surface area contributed by atoms with Crippen molar-refractivity contribution in [2.24, 2.45) is 4.99 Å². The van der Waals surface area contributed by atoms with Gasteiger partial charge < -0.3 is 9.64 Å². The van der Waals surface area contributed by atoms with Crippen LogP contribution in [0.1, 0.15) is 30.4 Å². The molecule has 152 valence electrons. The molecule has 0 unspecified atom stereocenters. The molecule has 5 nitrogen and oxygen atoms in total. The predicted molar refractivity (Wildman–Crippen MR) is 117 cm³/mol. The summed E-state index contributed by atoms with van der Waals surface area (Å²) in [4.78, 5) is 31.4. The van der Waals surface area contributed by atoms with E-state index in [1.165, 1.54) is 0 Å². The number of rotatable bonds is 4. The van der Waals surface area contributed by atoms with Crippen LogP contribution in [0.5, 0.6) is 0 Å². The van der Waals surface area contributed by atoms with Gasteiger partial charge in [0.25, 0.3) is 0 Å². The SMILES string of the molecule is CN1C(=O)CCC2=C1CC(=Cc1cccc(Cl)c1)C(C(=O)OCc1ccccc1)=N2. The maximum atomic E-state index is 12.9. The van der Waals surface area contributed by atoms with Crippen LogP contribution in [0.2, 0.25) is 5.02 Å². The molecule has 0 radical (unpaired) electrons. The minimum atomic E-state index is -0.474. The fourth-order valence-corrected chi connectivity index (χ4v) is 3.78. The molecule has 0 spiro atoms. The van der Waals surface area contributed by atoms with Crippen molar-refractivity contribution in [3.63, 3.8) is 0 Å². The number of amides is 1. The quantitative estimate of drug-likeness (QED) is 0.669. The second-order valence-corrected chi connectivity index (χ2v) is 7.71. The van der Waals surface area contributed by atoms with Gasteiger partial charge in [0.15, 0.2) is 5.71 Å². The molecule has 2 aromatic rings. The fraction of sp³-hybridized carbons (Fsp3) is 0.208. The van der Waals surface area contributed by atoms with Gasteiger partial charge in [0.1, 0.15) is 6.61 Å². The summed E-state index contributed by atoms with van der Waals surface area (Å²) in [5.41, 5.74) is 4.36. The van der Waals surface area contributed by atoms with Gasteiger partial charge in [-0.3, -0.25) is 4.79 Å². The third-order valence-electron chi connectivity index (χ3n) is 5.19. The molecular weight excluding hydrogens is 400 g/mol. The van der Waals surface area contributed by atoms with Crippen molar-refractivity contribution in [2.75, 3.05) is 7.05 Å². The van der Waals surface area contributed by atoms with Gasteiger partial charge in [0.2, 0.25) is 5.91 Å². The van der Waals surface area contributed by atoms with Crippen LogP contribution in [0.25, 0.3) is 6.08 Å². The van der Waals surface area contributed by atoms with Crippen LogP contribution in [-0.4, -0.2) is 29.5 Å². The van der Waals surface area contributed by atoms with E-state index in [-0.39, 0.29) is 18.2 Å². The third kappa shape index (κ3) is 4.36. The van der Waals surface area contributed by atoms with Crippen LogP contribution in [0.15, 0.2) is 76.6 Å². The van der Waals surface area contributed by atoms with E-state index >= 15 is 0 Å². The second-order valence-electron chi connectivity index (χ2n) is 7.27. The maximum Gasteiger partial charge on any atom is 0.357 e. The third-order valence-corrected chi connectivity index (χ3v) is 5.43. The van der Waals surface area contributed by atoms with E-state index in [1.54, 1.807) is 18.0 Å². The summed E-state index contributed by atoms with van der Waals surface area (Å²) in [5, 5.41) is 0.607. The molecular formula is C24H21ClN2O3. The molecule has 0 saturated carbocycles. The highest BCUT2D eigenvalue weighted by molar-refractivity contribution is 6.44. The van der Waals surface area contributed by atoms with Crippen LogP contribution in [0.4, 0.5) is 0 Å². The molecule has 0 fully saturated rings. The number of esters is 1. The van der Waals surface area contributed by atoms with Crippen molar-refractivity contribution >= 4 is 35.3 Å². The largest absolute Gasteiger partial charge is 0.456 e. The molecule has 2 aliphatic rings. The van der Waals surface area contributed by atoms with Gasteiger partial charge in [-0.25, -0.2) is 9.79 Å². The lowest BCUT2D eigenvalue weighted by Crippen LogP contribution is -2.34. The average molecular weight is 421 g/mol. The molecule has 2 aromatic carbocycles. The van der Waals surface area contributed by atoms with E-state index in [9.17, 15) is 9.59 Å². The summed E-state index contributed by atoms with van der Waals surface area (Å²) in [6.07, 6.45) is 3.23. The standard InChI is InChI=1S/C24H21ClN2O3/c1-27-21-14-18(12-17-8-5-9-19(25)13-17)23(26-20(21)10-11-22(27)28)24(29)30-15-16-6-3-2-4-7-16/h2-9,12-13H,10-11,14-15H2,1H3. The first-order chi connectivity index (χ1) is 14.5. The van der Waals surface area contributed by atoms with Gasteiger partial charge in [-0.05, 0) is 34.9 Å². The zero-order valence-electron chi connectivity index (χ0n) is 16.6. The Morgan fingerprint density at radius 3 is 2.73 bits per heavy atom. The summed E-state index contributed by atoms with van der Waals surface area (Å²) >= 11 is 6.12. The van der Waals surface area contributed by atoms with Crippen molar-refractivity contribution in [1.29, 1.82) is 0 Å². The van der Waals surface area contributed by atoms with Gasteiger partial charge in [0, 0.05) is 37.0 Å². The number of nitrogens with zero attached hydrogens (tertiary/aromatic N) is 2. The number of hydrogen-bond donors (Lipinski definition) is 0. The number of hydrogen-bond acceptors (Lipinski definition) is 4. The van der Waals surface area contributed by atoms with Gasteiger partial charge in [-0.1, -0.05) is 54.1 Å². The molecule has 1 amide bonds. The number of carbonyl (C=O) groups is 2. The summed E-state index contributed by atoms with van der Waals surface area (Å²) in [6.45, 7) is 0.174. The number of carbonyl (C=O) groups excluding carboxylic acids is 2. The Labute approximate surface area is 180 Å². The van der Waals surface area contributed by atoms with Crippen molar-refractivity contribution in [2.45, 2.75) is 25.9 Å². The molecule has 0 bridgehead atoms. The molecule has 0 atom stereocenters. The van der Waals surface area contributed by atoms with E-state index in [2.05, 4.69) is 4.99 Å². The molecule has 0 N–H and O–H groups in total. The molecule has 2 aliphatic heterocycles. The van der Waals surface area contributed by atoms with E-state index < -0.39 is 5.97 Å². The maximum absolute atomic E-state index is 12.9. The second kappa shape index (κ2) is 8.67. The first kappa shape index (κ1) is 20.1. The van der Waals surface area contributed by atoms with Crippen LogP contribution >= 0.6 is 11.6 Å². The van der Waals surface area contributed by atoms with Gasteiger partial charge in [-0.15, -0.1) is 0 Å². The highest BCUT2D eigenvalue weighted by atomic mass is 35.5. The van der Waals surface area contributed by atoms with Gasteiger partial charge in [-0.2, -0.15) is 0 Å². The van der Waals surface area contributed by atoms with Crippen LogP contribution < -0.4 is 0 Å². The van der Waals surface area contributed by atoms with Crippen LogP contribution in [-0.2, 0) is 20.9 Å². The van der Waals surface area contributed by atoms with Crippen molar-refractivity contribution in [3.8, 4) is 0 Å². The minimum Gasteiger partial charge on any atom is -0.456 e. The predicted octanol–water partition coefficient (Wildman–Crippen LogP) is 4.78. The Morgan fingerprint density at radius 2 is 1.97 bits per heavy atom. The zero-order chi connectivity index (χ0) is 21.1. The smallest absolute Gasteiger partial charge is 0.357 e. The normalized spacial score (nSPS) is 17.7. The number of benzene rings is 2. The van der Waals surface area contributed by atoms with Gasteiger partial charge >= 0.3 is 5.97 Å². The van der Waals surface area contributed by atoms with Gasteiger partial charge in [0.05, 0.1) is 5.70 Å². The Kier molecular flexibility index (Phi) is 5.81. The highest BCUT2D eigenvalue weighted by Crippen LogP contribution is 2.34. The molecule has 2 heterocycles. The zero-order valence-corrected chi connectivity index (χ0v) is 17.4. The van der Waals surface area contributed by atoms with E-state index in [1.807, 2.05) is 54.6 Å². The Bertz CT molecular complexity index is 1090. The summed E-state index contributed by atoms with van der Waals surface area (Å²) < 4.78 is 5.55. The number of ether oxygens (including phenoxy) is 1. The highest BCUT2D eigenvalue weighted by Gasteiger charge is 2.32. The lowest BCUT2D eigenvalue weighted by molar-refractivity contribution is -0.136. The molecule has 30 heavy (non-hydrogen) atoms.